The molecule has 0 spiro atoms. The van der Waals surface area contributed by atoms with E-state index in [-0.39, 0.29) is 5.56 Å². The number of aromatic nitrogens is 4. The molecule has 0 radical (unpaired) electrons. The first-order valence-corrected chi connectivity index (χ1v) is 7.16. The molecule has 1 N–H and O–H groups in total. The van der Waals surface area contributed by atoms with Gasteiger partial charge in [-0.2, -0.15) is 5.10 Å². The summed E-state index contributed by atoms with van der Waals surface area (Å²) in [5.41, 5.74) is 1.41. The fourth-order valence-electron chi connectivity index (χ4n) is 2.28. The number of hydrogen-bond donors (Lipinski definition) is 1. The first kappa shape index (κ1) is 15.0. The molecular formula is C16H16N4O3. The molecule has 0 saturated heterocycles. The fraction of sp³-hybridized carbons (Fsp3) is 0.250. The number of rotatable bonds is 3. The average molecular weight is 312 g/mol. The van der Waals surface area contributed by atoms with Gasteiger partial charge in [0.1, 0.15) is 5.56 Å². The summed E-state index contributed by atoms with van der Waals surface area (Å²) in [6.07, 6.45) is 0.778. The number of nitrogens with zero attached hydrogens (tertiary/aromatic N) is 3. The van der Waals surface area contributed by atoms with Gasteiger partial charge in [-0.15, -0.1) is 0 Å². The first-order valence-electron chi connectivity index (χ1n) is 7.16. The topological polar surface area (TPSA) is 89.9 Å². The summed E-state index contributed by atoms with van der Waals surface area (Å²) >= 11 is 0. The van der Waals surface area contributed by atoms with E-state index in [9.17, 15) is 9.59 Å². The van der Waals surface area contributed by atoms with Crippen LogP contribution in [-0.4, -0.2) is 25.7 Å². The zero-order valence-corrected chi connectivity index (χ0v) is 13.0. The molecule has 3 aromatic rings. The predicted molar refractivity (Wildman–Crippen MR) is 84.1 cm³/mol. The Morgan fingerprint density at radius 3 is 2.78 bits per heavy atom. The third kappa shape index (κ3) is 2.73. The maximum absolute atomic E-state index is 12.2. The molecule has 3 rings (SSSR count). The molecule has 0 aliphatic rings. The second kappa shape index (κ2) is 5.68. The fourth-order valence-corrected chi connectivity index (χ4v) is 2.28. The van der Waals surface area contributed by atoms with Gasteiger partial charge in [0.05, 0.1) is 17.1 Å². The number of nitrogens with one attached hydrogen (secondary N) is 1. The van der Waals surface area contributed by atoms with Crippen LogP contribution in [0.4, 0.5) is 0 Å². The van der Waals surface area contributed by atoms with E-state index in [0.29, 0.717) is 28.0 Å². The number of fused-ring (bicyclic) bond motifs is 1. The highest BCUT2D eigenvalue weighted by Gasteiger charge is 2.20. The van der Waals surface area contributed by atoms with Gasteiger partial charge >= 0.3 is 5.97 Å². The number of aromatic amines is 1. The van der Waals surface area contributed by atoms with Crippen LogP contribution in [0.2, 0.25) is 0 Å². The Hall–Kier alpha value is -2.96. The lowest BCUT2D eigenvalue weighted by Crippen LogP contribution is -2.17. The summed E-state index contributed by atoms with van der Waals surface area (Å²) in [5.74, 6) is -0.192. The minimum Gasteiger partial charge on any atom is -0.451 e. The normalized spacial score (nSPS) is 12.3. The predicted octanol–water partition coefficient (Wildman–Crippen LogP) is 1.88. The molecule has 7 heteroatoms. The van der Waals surface area contributed by atoms with Crippen LogP contribution in [0.25, 0.3) is 10.9 Å². The third-order valence-corrected chi connectivity index (χ3v) is 3.76. The van der Waals surface area contributed by atoms with Crippen LogP contribution in [0.15, 0.2) is 35.3 Å². The largest absolute Gasteiger partial charge is 0.451 e. The lowest BCUT2D eigenvalue weighted by molar-refractivity contribution is 0.0319. The molecule has 0 bridgehead atoms. The molecule has 0 amide bonds. The maximum atomic E-state index is 12.2. The van der Waals surface area contributed by atoms with Gasteiger partial charge in [0.25, 0.3) is 5.56 Å². The van der Waals surface area contributed by atoms with Crippen LogP contribution >= 0.6 is 0 Å². The van der Waals surface area contributed by atoms with Crippen molar-refractivity contribution in [1.82, 2.24) is 19.7 Å². The zero-order chi connectivity index (χ0) is 16.6. The second-order valence-corrected chi connectivity index (χ2v) is 5.28. The molecule has 23 heavy (non-hydrogen) atoms. The highest BCUT2D eigenvalue weighted by atomic mass is 16.5. The van der Waals surface area contributed by atoms with Gasteiger partial charge in [0, 0.05) is 12.7 Å². The Morgan fingerprint density at radius 2 is 2.09 bits per heavy atom. The zero-order valence-electron chi connectivity index (χ0n) is 13.0. The number of hydrogen-bond acceptors (Lipinski definition) is 5. The van der Waals surface area contributed by atoms with Gasteiger partial charge in [0.15, 0.2) is 11.9 Å². The Kier molecular flexibility index (Phi) is 3.69. The van der Waals surface area contributed by atoms with Crippen LogP contribution < -0.4 is 5.56 Å². The van der Waals surface area contributed by atoms with E-state index in [0.717, 1.165) is 0 Å². The molecule has 0 aliphatic carbocycles. The lowest BCUT2D eigenvalue weighted by atomic mass is 10.2. The number of ether oxygens (including phenoxy) is 1. The number of carbonyl (C=O) groups excluding carboxylic acids is 1. The van der Waals surface area contributed by atoms with Crippen LogP contribution in [0, 0.1) is 6.92 Å². The molecule has 7 nitrogen and oxygen atoms in total. The van der Waals surface area contributed by atoms with Crippen molar-refractivity contribution in [3.8, 4) is 0 Å². The smallest absolute Gasteiger partial charge is 0.342 e. The minimum atomic E-state index is -0.681. The minimum absolute atomic E-state index is 0.258. The van der Waals surface area contributed by atoms with Crippen molar-refractivity contribution < 1.29 is 9.53 Å². The molecule has 1 atom stereocenters. The van der Waals surface area contributed by atoms with E-state index in [1.54, 1.807) is 49.8 Å². The standard InChI is InChI=1S/C16H16N4O3/c1-9-12(8-17-20(9)3)16(22)23-10(2)14-18-13-7-5-4-6-11(13)15(21)19-14/h4-8,10H,1-3H3,(H,18,19,21). The third-order valence-electron chi connectivity index (χ3n) is 3.76. The molecule has 1 unspecified atom stereocenters. The van der Waals surface area contributed by atoms with Crippen LogP contribution in [0.5, 0.6) is 0 Å². The van der Waals surface area contributed by atoms with Crippen molar-refractivity contribution in [3.05, 3.63) is 57.9 Å². The molecule has 118 valence electrons. The highest BCUT2D eigenvalue weighted by molar-refractivity contribution is 5.90. The summed E-state index contributed by atoms with van der Waals surface area (Å²) in [7, 11) is 1.75. The van der Waals surface area contributed by atoms with E-state index in [1.165, 1.54) is 6.20 Å². The average Bonchev–Trinajstić information content (AvgIpc) is 2.87. The molecule has 0 fully saturated rings. The molecular weight excluding hydrogens is 296 g/mol. The Morgan fingerprint density at radius 1 is 1.35 bits per heavy atom. The Bertz CT molecular complexity index is 942. The number of para-hydroxylation sites is 1. The SMILES string of the molecule is Cc1c(C(=O)OC(C)c2nc3ccccc3c(=O)[nH]2)cnn1C. The number of H-pyrrole nitrogens is 1. The Balaban J connectivity index is 1.89. The Labute approximate surface area is 131 Å². The second-order valence-electron chi connectivity index (χ2n) is 5.28. The van der Waals surface area contributed by atoms with Crippen molar-refractivity contribution in [1.29, 1.82) is 0 Å². The monoisotopic (exact) mass is 312 g/mol. The maximum Gasteiger partial charge on any atom is 0.342 e. The van der Waals surface area contributed by atoms with Crippen LogP contribution in [0.1, 0.15) is 34.9 Å². The van der Waals surface area contributed by atoms with Crippen molar-refractivity contribution in [2.45, 2.75) is 20.0 Å². The van der Waals surface area contributed by atoms with E-state index < -0.39 is 12.1 Å². The van der Waals surface area contributed by atoms with Crippen molar-refractivity contribution in [2.75, 3.05) is 0 Å². The first-order chi connectivity index (χ1) is 11.0. The van der Waals surface area contributed by atoms with E-state index in [1.807, 2.05) is 0 Å². The summed E-state index contributed by atoms with van der Waals surface area (Å²) in [5, 5.41) is 4.51. The number of benzene rings is 1. The van der Waals surface area contributed by atoms with E-state index in [4.69, 9.17) is 4.74 Å². The van der Waals surface area contributed by atoms with Gasteiger partial charge in [-0.3, -0.25) is 9.48 Å². The number of carbonyl (C=O) groups is 1. The number of aryl methyl sites for hydroxylation is 1. The van der Waals surface area contributed by atoms with Crippen LogP contribution in [0.3, 0.4) is 0 Å². The van der Waals surface area contributed by atoms with Crippen molar-refractivity contribution in [2.24, 2.45) is 7.05 Å². The molecule has 0 aliphatic heterocycles. The molecule has 0 saturated carbocycles. The van der Waals surface area contributed by atoms with Gasteiger partial charge in [-0.05, 0) is 26.0 Å². The van der Waals surface area contributed by atoms with Gasteiger partial charge in [-0.25, -0.2) is 9.78 Å². The van der Waals surface area contributed by atoms with Crippen LogP contribution in [-0.2, 0) is 11.8 Å². The highest BCUT2D eigenvalue weighted by Crippen LogP contribution is 2.17. The quantitative estimate of drug-likeness (QED) is 0.746. The molecule has 1 aromatic carbocycles. The lowest BCUT2D eigenvalue weighted by Gasteiger charge is -2.12. The summed E-state index contributed by atoms with van der Waals surface area (Å²) < 4.78 is 6.99. The summed E-state index contributed by atoms with van der Waals surface area (Å²) in [4.78, 5) is 31.3. The van der Waals surface area contributed by atoms with Gasteiger partial charge in [0.2, 0.25) is 0 Å². The van der Waals surface area contributed by atoms with Gasteiger partial charge < -0.3 is 9.72 Å². The molecule has 2 aromatic heterocycles. The summed E-state index contributed by atoms with van der Waals surface area (Å²) in [6, 6.07) is 7.01. The molecule has 2 heterocycles. The number of esters is 1. The van der Waals surface area contributed by atoms with E-state index >= 15 is 0 Å². The van der Waals surface area contributed by atoms with Crippen molar-refractivity contribution in [3.63, 3.8) is 0 Å². The van der Waals surface area contributed by atoms with E-state index in [2.05, 4.69) is 15.1 Å². The van der Waals surface area contributed by atoms with Gasteiger partial charge in [-0.1, -0.05) is 12.1 Å². The van der Waals surface area contributed by atoms with Crippen molar-refractivity contribution >= 4 is 16.9 Å². The summed E-state index contributed by atoms with van der Waals surface area (Å²) in [6.45, 7) is 3.45.